The van der Waals surface area contributed by atoms with Crippen LogP contribution in [0.4, 0.5) is 0 Å². The third-order valence-electron chi connectivity index (χ3n) is 6.56. The van der Waals surface area contributed by atoms with Crippen LogP contribution in [0.15, 0.2) is 24.4 Å². The number of rotatable bonds is 3. The minimum absolute atomic E-state index is 0.132. The molecule has 4 amide bonds. The van der Waals surface area contributed by atoms with Crippen molar-refractivity contribution in [3.8, 4) is 5.69 Å². The predicted octanol–water partition coefficient (Wildman–Crippen LogP) is -0.0806. The van der Waals surface area contributed by atoms with Crippen molar-refractivity contribution in [2.24, 2.45) is 0 Å². The van der Waals surface area contributed by atoms with E-state index < -0.39 is 27.3 Å². The molecule has 0 radical (unpaired) electrons. The number of hydrogen-bond donors (Lipinski definition) is 2. The van der Waals surface area contributed by atoms with Gasteiger partial charge in [-0.1, -0.05) is 15.3 Å². The molecule has 3 unspecified atom stereocenters. The summed E-state index contributed by atoms with van der Waals surface area (Å²) in [5, 5.41) is 9.90. The van der Waals surface area contributed by atoms with Crippen LogP contribution in [0.5, 0.6) is 0 Å². The fourth-order valence-corrected chi connectivity index (χ4v) is 5.82. The van der Waals surface area contributed by atoms with E-state index >= 15 is 0 Å². The fourth-order valence-electron chi connectivity index (χ4n) is 4.51. The second kappa shape index (κ2) is 8.09. The summed E-state index contributed by atoms with van der Waals surface area (Å²) in [6.45, 7) is 2.39. The molecule has 1 aromatic heterocycles. The first-order valence-corrected chi connectivity index (χ1v) is 12.7. The zero-order chi connectivity index (χ0) is 24.2. The summed E-state index contributed by atoms with van der Waals surface area (Å²) in [4.78, 5) is 52.4. The van der Waals surface area contributed by atoms with Gasteiger partial charge in [0.25, 0.3) is 11.8 Å². The van der Waals surface area contributed by atoms with Gasteiger partial charge in [-0.3, -0.25) is 24.5 Å². The van der Waals surface area contributed by atoms with Crippen LogP contribution in [-0.2, 0) is 26.2 Å². The highest BCUT2D eigenvalue weighted by atomic mass is 32.3. The van der Waals surface area contributed by atoms with Gasteiger partial charge in [0.1, 0.15) is 17.0 Å². The van der Waals surface area contributed by atoms with E-state index in [0.717, 1.165) is 0 Å². The molecule has 34 heavy (non-hydrogen) atoms. The Morgan fingerprint density at radius 1 is 1.29 bits per heavy atom. The summed E-state index contributed by atoms with van der Waals surface area (Å²) in [6.07, 6.45) is 1.97. The van der Waals surface area contributed by atoms with Gasteiger partial charge in [0.15, 0.2) is 5.69 Å². The highest BCUT2D eigenvalue weighted by Crippen LogP contribution is 2.29. The zero-order valence-corrected chi connectivity index (χ0v) is 19.2. The molecule has 1 aromatic carbocycles. The number of piperidine rings is 1. The highest BCUT2D eigenvalue weighted by molar-refractivity contribution is 7.99. The number of benzene rings is 1. The first kappa shape index (κ1) is 22.3. The van der Waals surface area contributed by atoms with Crippen molar-refractivity contribution in [2.45, 2.75) is 37.6 Å². The third kappa shape index (κ3) is 3.80. The molecule has 2 fully saturated rings. The van der Waals surface area contributed by atoms with Crippen molar-refractivity contribution in [1.29, 1.82) is 4.78 Å². The SMILES string of the molecule is CC1CN(C(=O)c2cn(-c3ccc4c(c3)CN(C3CCC(=O)NC3=O)C4=O)nn2)CC[S+]1(=N)[O-]. The number of amides is 4. The molecule has 3 atom stereocenters. The first-order valence-electron chi connectivity index (χ1n) is 10.9. The molecule has 0 saturated carbocycles. The third-order valence-corrected chi connectivity index (χ3v) is 8.80. The largest absolute Gasteiger partial charge is 0.631 e. The van der Waals surface area contributed by atoms with Crippen LogP contribution in [0, 0.1) is 4.78 Å². The maximum Gasteiger partial charge on any atom is 0.276 e. The van der Waals surface area contributed by atoms with Crippen LogP contribution >= 0.6 is 0 Å². The van der Waals surface area contributed by atoms with Crippen molar-refractivity contribution in [1.82, 2.24) is 30.1 Å². The van der Waals surface area contributed by atoms with Gasteiger partial charge in [-0.2, -0.15) is 4.78 Å². The van der Waals surface area contributed by atoms with Gasteiger partial charge >= 0.3 is 0 Å². The number of carbonyl (C=O) groups excluding carboxylic acids is 4. The Balaban J connectivity index is 1.33. The van der Waals surface area contributed by atoms with Crippen molar-refractivity contribution < 1.29 is 23.7 Å². The normalized spacial score (nSPS) is 27.1. The van der Waals surface area contributed by atoms with Gasteiger partial charge in [0, 0.05) is 18.5 Å². The fraction of sp³-hybridized carbons (Fsp3) is 0.429. The van der Waals surface area contributed by atoms with E-state index in [9.17, 15) is 23.7 Å². The molecule has 13 heteroatoms. The summed E-state index contributed by atoms with van der Waals surface area (Å²) in [5.41, 5.74) is 1.92. The van der Waals surface area contributed by atoms with Crippen LogP contribution in [0.2, 0.25) is 0 Å². The number of hydrogen-bond acceptors (Lipinski definition) is 8. The molecular formula is C21H23N7O5S. The predicted molar refractivity (Wildman–Crippen MR) is 118 cm³/mol. The molecule has 2 saturated heterocycles. The lowest BCUT2D eigenvalue weighted by Crippen LogP contribution is -2.52. The Hall–Kier alpha value is -3.45. The van der Waals surface area contributed by atoms with Crippen LogP contribution in [0.25, 0.3) is 5.69 Å². The van der Waals surface area contributed by atoms with Crippen molar-refractivity contribution in [3.05, 3.63) is 41.2 Å². The van der Waals surface area contributed by atoms with Gasteiger partial charge in [0.2, 0.25) is 11.8 Å². The van der Waals surface area contributed by atoms with Gasteiger partial charge in [0.05, 0.1) is 25.0 Å². The second-order valence-electron chi connectivity index (χ2n) is 8.78. The maximum absolute atomic E-state index is 12.9. The number of carbonyl (C=O) groups is 4. The van der Waals surface area contributed by atoms with Crippen molar-refractivity contribution in [3.63, 3.8) is 0 Å². The molecule has 0 bridgehead atoms. The highest BCUT2D eigenvalue weighted by Gasteiger charge is 2.39. The van der Waals surface area contributed by atoms with E-state index in [4.69, 9.17) is 4.78 Å². The van der Waals surface area contributed by atoms with E-state index in [1.807, 2.05) is 0 Å². The van der Waals surface area contributed by atoms with E-state index in [2.05, 4.69) is 15.6 Å². The Kier molecular flexibility index (Phi) is 5.32. The topological polar surface area (TPSA) is 164 Å². The number of nitrogens with one attached hydrogen (secondary N) is 2. The molecule has 5 rings (SSSR count). The van der Waals surface area contributed by atoms with E-state index in [1.165, 1.54) is 20.7 Å². The summed E-state index contributed by atoms with van der Waals surface area (Å²) in [6, 6.07) is 4.41. The molecule has 0 aliphatic carbocycles. The Morgan fingerprint density at radius 3 is 2.82 bits per heavy atom. The van der Waals surface area contributed by atoms with E-state index in [-0.39, 0.29) is 61.6 Å². The Bertz CT molecular complexity index is 1270. The molecule has 3 aliphatic heterocycles. The first-order chi connectivity index (χ1) is 16.1. The maximum atomic E-state index is 12.9. The van der Waals surface area contributed by atoms with Crippen molar-refractivity contribution in [2.75, 3.05) is 18.8 Å². The summed E-state index contributed by atoms with van der Waals surface area (Å²) in [5.74, 6) is -1.28. The van der Waals surface area contributed by atoms with Crippen LogP contribution in [-0.4, -0.2) is 83.1 Å². The lowest BCUT2D eigenvalue weighted by atomic mass is 10.0. The average molecular weight is 486 g/mol. The van der Waals surface area contributed by atoms with E-state index in [1.54, 1.807) is 25.1 Å². The van der Waals surface area contributed by atoms with Crippen LogP contribution in [0.3, 0.4) is 0 Å². The van der Waals surface area contributed by atoms with E-state index in [0.29, 0.717) is 16.8 Å². The van der Waals surface area contributed by atoms with Gasteiger partial charge in [-0.25, -0.2) is 4.68 Å². The second-order valence-corrected chi connectivity index (χ2v) is 11.4. The average Bonchev–Trinajstić information content (AvgIpc) is 3.40. The van der Waals surface area contributed by atoms with Crippen LogP contribution in [0.1, 0.15) is 46.2 Å². The number of fused-ring (bicyclic) bond motifs is 1. The monoisotopic (exact) mass is 485 g/mol. The summed E-state index contributed by atoms with van der Waals surface area (Å²) >= 11 is 0. The smallest absolute Gasteiger partial charge is 0.276 e. The number of imide groups is 1. The van der Waals surface area contributed by atoms with Gasteiger partial charge in [-0.15, -0.1) is 5.10 Å². The molecule has 3 aliphatic rings. The van der Waals surface area contributed by atoms with Crippen molar-refractivity contribution >= 4 is 33.7 Å². The molecule has 0 spiro atoms. The summed E-state index contributed by atoms with van der Waals surface area (Å²) in [7, 11) is -2.69. The number of nitrogens with zero attached hydrogens (tertiary/aromatic N) is 5. The standard InChI is InChI=1S/C21H23N7O5S/c1-12-9-26(6-7-34(12,22)33)21(32)16-11-28(25-24-16)14-2-3-15-13(8-14)10-27(20(15)31)17-4-5-18(29)23-19(17)30/h2-3,8,11-12,17H,4-7,9-10H2,1H3,(H2-,22,23,29,30,33). The molecule has 12 nitrogen and oxygen atoms in total. The molecule has 2 N–H and O–H groups in total. The Labute approximate surface area is 196 Å². The lowest BCUT2D eigenvalue weighted by Gasteiger charge is -2.37. The van der Waals surface area contributed by atoms with Gasteiger partial charge in [-0.05, 0) is 37.1 Å². The quantitative estimate of drug-likeness (QED) is 0.453. The molecule has 2 aromatic rings. The number of aromatic nitrogens is 3. The minimum atomic E-state index is -2.69. The molecular weight excluding hydrogens is 462 g/mol. The molecule has 178 valence electrons. The summed E-state index contributed by atoms with van der Waals surface area (Å²) < 4.78 is 21.4. The Morgan fingerprint density at radius 2 is 2.09 bits per heavy atom. The molecule has 4 heterocycles. The lowest BCUT2D eigenvalue weighted by molar-refractivity contribution is -0.136. The minimum Gasteiger partial charge on any atom is -0.631 e. The zero-order valence-electron chi connectivity index (χ0n) is 18.4. The van der Waals surface area contributed by atoms with Gasteiger partial charge < -0.3 is 14.4 Å². The van der Waals surface area contributed by atoms with Crippen LogP contribution < -0.4 is 5.32 Å².